The Morgan fingerprint density at radius 1 is 1.40 bits per heavy atom. The van der Waals surface area contributed by atoms with E-state index >= 15 is 0 Å². The lowest BCUT2D eigenvalue weighted by Gasteiger charge is -1.98. The molecule has 0 saturated heterocycles. The van der Waals surface area contributed by atoms with Crippen LogP contribution in [0, 0.1) is 0 Å². The molecule has 2 heterocycles. The highest BCUT2D eigenvalue weighted by Gasteiger charge is 2.03. The van der Waals surface area contributed by atoms with Crippen molar-refractivity contribution < 1.29 is 4.74 Å². The fourth-order valence-corrected chi connectivity index (χ4v) is 0.971. The minimum Gasteiger partial charge on any atom is -0.402 e. The van der Waals surface area contributed by atoms with Gasteiger partial charge in [-0.05, 0) is 6.07 Å². The summed E-state index contributed by atoms with van der Waals surface area (Å²) in [7, 11) is 1.75. The molecule has 0 aromatic carbocycles. The molecule has 0 saturated carbocycles. The first-order valence-corrected chi connectivity index (χ1v) is 4.34. The molecule has 0 radical (unpaired) electrons. The van der Waals surface area contributed by atoms with Gasteiger partial charge in [-0.3, -0.25) is 4.68 Å². The van der Waals surface area contributed by atoms with Gasteiger partial charge in [-0.2, -0.15) is 10.1 Å². The summed E-state index contributed by atoms with van der Waals surface area (Å²) in [4.78, 5) is 3.89. The molecule has 2 rings (SSSR count). The molecule has 15 heavy (non-hydrogen) atoms. The monoisotopic (exact) mass is 206 g/mol. The van der Waals surface area contributed by atoms with E-state index in [4.69, 9.17) is 10.5 Å². The van der Waals surface area contributed by atoms with Crippen LogP contribution in [0.3, 0.4) is 0 Å². The third kappa shape index (κ3) is 2.26. The zero-order valence-electron chi connectivity index (χ0n) is 8.16. The maximum absolute atomic E-state index is 5.38. The van der Waals surface area contributed by atoms with Gasteiger partial charge in [-0.15, -0.1) is 10.2 Å². The standard InChI is InChI=1S/C8H10N6O/c1-14-5-10-8(13-14)15-7-3-2-6(4-9)11-12-7/h2-3,5H,4,9H2,1H3. The second kappa shape index (κ2) is 4.01. The van der Waals surface area contributed by atoms with Crippen molar-refractivity contribution in [2.75, 3.05) is 0 Å². The minimum absolute atomic E-state index is 0.243. The first kappa shape index (κ1) is 9.53. The van der Waals surface area contributed by atoms with E-state index in [-0.39, 0.29) is 6.01 Å². The van der Waals surface area contributed by atoms with E-state index in [1.54, 1.807) is 19.2 Å². The molecule has 7 heteroatoms. The van der Waals surface area contributed by atoms with Crippen LogP contribution in [-0.4, -0.2) is 25.0 Å². The van der Waals surface area contributed by atoms with Gasteiger partial charge >= 0.3 is 6.01 Å². The molecule has 0 aliphatic rings. The Morgan fingerprint density at radius 2 is 2.27 bits per heavy atom. The van der Waals surface area contributed by atoms with Crippen molar-refractivity contribution in [1.82, 2.24) is 25.0 Å². The molecule has 0 atom stereocenters. The van der Waals surface area contributed by atoms with Crippen molar-refractivity contribution in [3.05, 3.63) is 24.2 Å². The van der Waals surface area contributed by atoms with Crippen LogP contribution in [0.2, 0.25) is 0 Å². The lowest BCUT2D eigenvalue weighted by atomic mass is 10.4. The molecular formula is C8H10N6O. The molecule has 0 spiro atoms. The van der Waals surface area contributed by atoms with Crippen molar-refractivity contribution in [1.29, 1.82) is 0 Å². The lowest BCUT2D eigenvalue weighted by Crippen LogP contribution is -2.01. The van der Waals surface area contributed by atoms with Gasteiger partial charge in [0.1, 0.15) is 6.33 Å². The van der Waals surface area contributed by atoms with Gasteiger partial charge in [0.05, 0.1) is 5.69 Å². The number of hydrogen-bond donors (Lipinski definition) is 1. The maximum atomic E-state index is 5.38. The SMILES string of the molecule is Cn1cnc(Oc2ccc(CN)nn2)n1. The second-order valence-corrected chi connectivity index (χ2v) is 2.87. The van der Waals surface area contributed by atoms with Crippen LogP contribution in [0.5, 0.6) is 11.9 Å². The highest BCUT2D eigenvalue weighted by atomic mass is 16.5. The average molecular weight is 206 g/mol. The van der Waals surface area contributed by atoms with Crippen molar-refractivity contribution in [2.24, 2.45) is 12.8 Å². The molecule has 2 aromatic rings. The lowest BCUT2D eigenvalue weighted by molar-refractivity contribution is 0.415. The zero-order valence-corrected chi connectivity index (χ0v) is 8.16. The molecule has 2 N–H and O–H groups in total. The molecule has 78 valence electrons. The number of aryl methyl sites for hydroxylation is 1. The van der Waals surface area contributed by atoms with Crippen molar-refractivity contribution in [3.63, 3.8) is 0 Å². The predicted octanol–water partition coefficient (Wildman–Crippen LogP) is -0.144. The normalized spacial score (nSPS) is 10.3. The van der Waals surface area contributed by atoms with E-state index in [9.17, 15) is 0 Å². The van der Waals surface area contributed by atoms with Crippen molar-refractivity contribution >= 4 is 0 Å². The summed E-state index contributed by atoms with van der Waals surface area (Å²) in [5.41, 5.74) is 6.09. The fourth-order valence-electron chi connectivity index (χ4n) is 0.971. The quantitative estimate of drug-likeness (QED) is 0.751. The third-order valence-electron chi connectivity index (χ3n) is 1.68. The molecular weight excluding hydrogens is 196 g/mol. The summed E-state index contributed by atoms with van der Waals surface area (Å²) in [6.45, 7) is 0.356. The van der Waals surface area contributed by atoms with E-state index in [0.29, 0.717) is 18.1 Å². The summed E-state index contributed by atoms with van der Waals surface area (Å²) >= 11 is 0. The molecule has 0 fully saturated rings. The molecule has 0 aliphatic carbocycles. The summed E-state index contributed by atoms with van der Waals surface area (Å²) in [6.07, 6.45) is 1.54. The Balaban J connectivity index is 2.11. The average Bonchev–Trinajstić information content (AvgIpc) is 2.65. The number of nitrogens with zero attached hydrogens (tertiary/aromatic N) is 5. The van der Waals surface area contributed by atoms with Gasteiger partial charge in [0.25, 0.3) is 0 Å². The predicted molar refractivity (Wildman–Crippen MR) is 51.0 cm³/mol. The van der Waals surface area contributed by atoms with E-state index in [2.05, 4.69) is 20.3 Å². The van der Waals surface area contributed by atoms with Crippen LogP contribution in [0.4, 0.5) is 0 Å². The van der Waals surface area contributed by atoms with Crippen molar-refractivity contribution in [2.45, 2.75) is 6.54 Å². The fraction of sp³-hybridized carbons (Fsp3) is 0.250. The van der Waals surface area contributed by atoms with Gasteiger partial charge < -0.3 is 10.5 Å². The van der Waals surface area contributed by atoms with Crippen LogP contribution >= 0.6 is 0 Å². The zero-order chi connectivity index (χ0) is 10.7. The number of rotatable bonds is 3. The Kier molecular flexibility index (Phi) is 2.55. The Hall–Kier alpha value is -2.02. The van der Waals surface area contributed by atoms with Gasteiger partial charge in [0.15, 0.2) is 0 Å². The molecule has 0 aliphatic heterocycles. The van der Waals surface area contributed by atoms with E-state index in [1.807, 2.05) is 0 Å². The third-order valence-corrected chi connectivity index (χ3v) is 1.68. The topological polar surface area (TPSA) is 91.7 Å². The first-order valence-electron chi connectivity index (χ1n) is 4.34. The van der Waals surface area contributed by atoms with E-state index in [0.717, 1.165) is 0 Å². The van der Waals surface area contributed by atoms with Gasteiger partial charge in [0.2, 0.25) is 5.88 Å². The van der Waals surface area contributed by atoms with Gasteiger partial charge in [-0.25, -0.2) is 0 Å². The highest BCUT2D eigenvalue weighted by Crippen LogP contribution is 2.12. The van der Waals surface area contributed by atoms with E-state index in [1.165, 1.54) is 11.0 Å². The number of hydrogen-bond acceptors (Lipinski definition) is 6. The molecule has 0 unspecified atom stereocenters. The summed E-state index contributed by atoms with van der Waals surface area (Å²) < 4.78 is 6.78. The number of ether oxygens (including phenoxy) is 1. The van der Waals surface area contributed by atoms with Crippen LogP contribution in [0.1, 0.15) is 5.69 Å². The molecule has 0 bridgehead atoms. The highest BCUT2D eigenvalue weighted by molar-refractivity contribution is 5.14. The first-order chi connectivity index (χ1) is 7.28. The Labute approximate surface area is 85.9 Å². The summed E-state index contributed by atoms with van der Waals surface area (Å²) in [5.74, 6) is 0.346. The molecule has 7 nitrogen and oxygen atoms in total. The minimum atomic E-state index is 0.243. The Bertz CT molecular complexity index is 437. The largest absolute Gasteiger partial charge is 0.402 e. The number of aromatic nitrogens is 5. The Morgan fingerprint density at radius 3 is 2.80 bits per heavy atom. The maximum Gasteiger partial charge on any atom is 0.342 e. The van der Waals surface area contributed by atoms with Crippen LogP contribution in [-0.2, 0) is 13.6 Å². The van der Waals surface area contributed by atoms with Gasteiger partial charge in [0, 0.05) is 19.7 Å². The smallest absolute Gasteiger partial charge is 0.342 e. The molecule has 0 amide bonds. The second-order valence-electron chi connectivity index (χ2n) is 2.87. The molecule has 2 aromatic heterocycles. The summed E-state index contributed by atoms with van der Waals surface area (Å²) in [5, 5.41) is 11.6. The number of nitrogens with two attached hydrogens (primary N) is 1. The van der Waals surface area contributed by atoms with E-state index < -0.39 is 0 Å². The van der Waals surface area contributed by atoms with Crippen LogP contribution in [0.15, 0.2) is 18.5 Å². The van der Waals surface area contributed by atoms with Gasteiger partial charge in [-0.1, -0.05) is 0 Å². The van der Waals surface area contributed by atoms with Crippen LogP contribution in [0.25, 0.3) is 0 Å². The van der Waals surface area contributed by atoms with Crippen molar-refractivity contribution in [3.8, 4) is 11.9 Å². The van der Waals surface area contributed by atoms with Crippen LogP contribution < -0.4 is 10.5 Å². The summed E-state index contributed by atoms with van der Waals surface area (Å²) in [6, 6.07) is 3.66.